The number of ketones is 1. The first-order valence-corrected chi connectivity index (χ1v) is 7.35. The van der Waals surface area contributed by atoms with E-state index < -0.39 is 23.5 Å². The highest BCUT2D eigenvalue weighted by Gasteiger charge is 2.56. The molecule has 1 saturated carbocycles. The lowest BCUT2D eigenvalue weighted by molar-refractivity contribution is -0.199. The van der Waals surface area contributed by atoms with Crippen molar-refractivity contribution in [1.82, 2.24) is 4.90 Å². The lowest BCUT2D eigenvalue weighted by Gasteiger charge is -2.54. The van der Waals surface area contributed by atoms with Crippen molar-refractivity contribution in [3.8, 4) is 0 Å². The van der Waals surface area contributed by atoms with Crippen LogP contribution in [0.3, 0.4) is 0 Å². The number of fused-ring (bicyclic) bond motifs is 1. The van der Waals surface area contributed by atoms with Crippen molar-refractivity contribution < 1.29 is 22.8 Å². The molecule has 1 aliphatic carbocycles. The minimum atomic E-state index is -4.89. The monoisotopic (exact) mass is 303 g/mol. The average molecular weight is 303 g/mol. The standard InChI is InChI=1S/C15H20F3NO2/c1-2-3-8-14-9-5-4-6-11(14)12(20)7-10-19(14)13(21)15(16,17)18/h2,11H,1,3-10H2/t11-,14+/m1/s1. The number of alkyl halides is 3. The summed E-state index contributed by atoms with van der Waals surface area (Å²) in [5, 5.41) is 0. The lowest BCUT2D eigenvalue weighted by atomic mass is 9.65. The predicted molar refractivity (Wildman–Crippen MR) is 71.5 cm³/mol. The van der Waals surface area contributed by atoms with E-state index >= 15 is 0 Å². The van der Waals surface area contributed by atoms with Gasteiger partial charge in [-0.2, -0.15) is 13.2 Å². The molecule has 1 heterocycles. The molecule has 3 nitrogen and oxygen atoms in total. The van der Waals surface area contributed by atoms with E-state index in [4.69, 9.17) is 0 Å². The number of rotatable bonds is 3. The molecule has 0 radical (unpaired) electrons. The smallest absolute Gasteiger partial charge is 0.328 e. The number of likely N-dealkylation sites (tertiary alicyclic amines) is 1. The highest BCUT2D eigenvalue weighted by molar-refractivity contribution is 5.89. The van der Waals surface area contributed by atoms with Crippen LogP contribution in [0.4, 0.5) is 13.2 Å². The largest absolute Gasteiger partial charge is 0.471 e. The van der Waals surface area contributed by atoms with Crippen LogP contribution in [0.15, 0.2) is 12.7 Å². The van der Waals surface area contributed by atoms with Gasteiger partial charge in [-0.1, -0.05) is 18.9 Å². The minimum absolute atomic E-state index is 0.00462. The molecule has 1 amide bonds. The summed E-state index contributed by atoms with van der Waals surface area (Å²) >= 11 is 0. The number of hydrogen-bond acceptors (Lipinski definition) is 2. The molecule has 1 aliphatic heterocycles. The Morgan fingerprint density at radius 2 is 2.14 bits per heavy atom. The zero-order valence-corrected chi connectivity index (χ0v) is 11.9. The molecule has 1 saturated heterocycles. The van der Waals surface area contributed by atoms with Crippen LogP contribution in [0.2, 0.25) is 0 Å². The Morgan fingerprint density at radius 1 is 1.43 bits per heavy atom. The molecule has 6 heteroatoms. The Labute approximate surface area is 122 Å². The molecule has 0 aromatic carbocycles. The molecule has 0 aromatic heterocycles. The maximum absolute atomic E-state index is 12.9. The van der Waals surface area contributed by atoms with Crippen molar-refractivity contribution in [2.45, 2.75) is 56.7 Å². The normalized spacial score (nSPS) is 30.0. The molecule has 2 fully saturated rings. The van der Waals surface area contributed by atoms with E-state index in [1.165, 1.54) is 0 Å². The third kappa shape index (κ3) is 2.85. The third-order valence-corrected chi connectivity index (χ3v) is 4.78. The van der Waals surface area contributed by atoms with Gasteiger partial charge in [-0.15, -0.1) is 6.58 Å². The Balaban J connectivity index is 2.39. The quantitative estimate of drug-likeness (QED) is 0.751. The van der Waals surface area contributed by atoms with Crippen molar-refractivity contribution in [3.63, 3.8) is 0 Å². The van der Waals surface area contributed by atoms with E-state index in [9.17, 15) is 22.8 Å². The molecule has 0 unspecified atom stereocenters. The number of amides is 1. The summed E-state index contributed by atoms with van der Waals surface area (Å²) in [4.78, 5) is 24.9. The van der Waals surface area contributed by atoms with Crippen molar-refractivity contribution in [1.29, 1.82) is 0 Å². The molecule has 0 N–H and O–H groups in total. The number of halogens is 3. The number of carbonyl (C=O) groups is 2. The Hall–Kier alpha value is -1.33. The van der Waals surface area contributed by atoms with Gasteiger partial charge in [0, 0.05) is 18.9 Å². The zero-order chi connectivity index (χ0) is 15.7. The Kier molecular flexibility index (Phi) is 4.44. The molecule has 2 aliphatic rings. The number of Topliss-reactive ketones (excluding diaryl/α,β-unsaturated/α-hetero) is 1. The second kappa shape index (κ2) is 5.81. The van der Waals surface area contributed by atoms with Gasteiger partial charge in [0.25, 0.3) is 0 Å². The van der Waals surface area contributed by atoms with E-state index in [2.05, 4.69) is 6.58 Å². The Morgan fingerprint density at radius 3 is 2.76 bits per heavy atom. The van der Waals surface area contributed by atoms with Gasteiger partial charge in [-0.25, -0.2) is 0 Å². The molecule has 0 aromatic rings. The summed E-state index contributed by atoms with van der Waals surface area (Å²) in [7, 11) is 0. The zero-order valence-electron chi connectivity index (χ0n) is 11.9. The van der Waals surface area contributed by atoms with Gasteiger partial charge in [-0.3, -0.25) is 9.59 Å². The van der Waals surface area contributed by atoms with E-state index in [0.717, 1.165) is 17.7 Å². The highest BCUT2D eigenvalue weighted by atomic mass is 19.4. The van der Waals surface area contributed by atoms with Gasteiger partial charge < -0.3 is 4.90 Å². The van der Waals surface area contributed by atoms with Crippen LogP contribution in [0.1, 0.15) is 44.9 Å². The molecule has 0 spiro atoms. The van der Waals surface area contributed by atoms with Gasteiger partial charge in [0.2, 0.25) is 0 Å². The predicted octanol–water partition coefficient (Wildman–Crippen LogP) is 3.25. The van der Waals surface area contributed by atoms with Gasteiger partial charge in [0.1, 0.15) is 5.78 Å². The fourth-order valence-electron chi connectivity index (χ4n) is 3.87. The first-order valence-electron chi connectivity index (χ1n) is 7.35. The van der Waals surface area contributed by atoms with Crippen molar-refractivity contribution >= 4 is 11.7 Å². The van der Waals surface area contributed by atoms with Crippen molar-refractivity contribution in [2.24, 2.45) is 5.92 Å². The highest BCUT2D eigenvalue weighted by Crippen LogP contribution is 2.46. The first-order chi connectivity index (χ1) is 9.83. The first kappa shape index (κ1) is 16.0. The number of piperidine rings is 1. The van der Waals surface area contributed by atoms with Crippen LogP contribution in [0.5, 0.6) is 0 Å². The second-order valence-electron chi connectivity index (χ2n) is 5.90. The topological polar surface area (TPSA) is 37.4 Å². The Bertz CT molecular complexity index is 447. The molecular formula is C15H20F3NO2. The fraction of sp³-hybridized carbons (Fsp3) is 0.733. The average Bonchev–Trinajstić information content (AvgIpc) is 2.44. The van der Waals surface area contributed by atoms with Crippen LogP contribution in [-0.2, 0) is 9.59 Å². The third-order valence-electron chi connectivity index (χ3n) is 4.78. The van der Waals surface area contributed by atoms with E-state index in [-0.39, 0.29) is 18.7 Å². The number of hydrogen-bond donors (Lipinski definition) is 0. The molecule has 2 atom stereocenters. The fourth-order valence-corrected chi connectivity index (χ4v) is 3.87. The van der Waals surface area contributed by atoms with Crippen LogP contribution in [0, 0.1) is 5.92 Å². The summed E-state index contributed by atoms with van der Waals surface area (Å²) in [6.07, 6.45) is 0.307. The van der Waals surface area contributed by atoms with E-state index in [0.29, 0.717) is 25.7 Å². The SMILES string of the molecule is C=CCC[C@]12CCCC[C@@H]1C(=O)CCN2C(=O)C(F)(F)F. The number of allylic oxidation sites excluding steroid dienone is 1. The van der Waals surface area contributed by atoms with Gasteiger partial charge in [0.05, 0.1) is 5.54 Å². The summed E-state index contributed by atoms with van der Waals surface area (Å²) in [5.74, 6) is -2.25. The summed E-state index contributed by atoms with van der Waals surface area (Å²) in [6.45, 7) is 3.49. The van der Waals surface area contributed by atoms with Gasteiger partial charge in [-0.05, 0) is 25.7 Å². The molecule has 2 rings (SSSR count). The summed E-state index contributed by atoms with van der Waals surface area (Å²) in [6, 6.07) is 0. The van der Waals surface area contributed by atoms with Gasteiger partial charge >= 0.3 is 12.1 Å². The van der Waals surface area contributed by atoms with E-state index in [1.807, 2.05) is 0 Å². The van der Waals surface area contributed by atoms with Crippen LogP contribution >= 0.6 is 0 Å². The van der Waals surface area contributed by atoms with Crippen LogP contribution < -0.4 is 0 Å². The van der Waals surface area contributed by atoms with Crippen LogP contribution in [0.25, 0.3) is 0 Å². The van der Waals surface area contributed by atoms with Gasteiger partial charge in [0.15, 0.2) is 0 Å². The molecule has 21 heavy (non-hydrogen) atoms. The summed E-state index contributed by atoms with van der Waals surface area (Å²) < 4.78 is 38.7. The number of carbonyl (C=O) groups excluding carboxylic acids is 2. The molecule has 118 valence electrons. The second-order valence-corrected chi connectivity index (χ2v) is 5.90. The maximum atomic E-state index is 12.9. The van der Waals surface area contributed by atoms with Crippen molar-refractivity contribution in [2.75, 3.05) is 6.54 Å². The van der Waals surface area contributed by atoms with Crippen LogP contribution in [-0.4, -0.2) is 34.9 Å². The van der Waals surface area contributed by atoms with Crippen molar-refractivity contribution in [3.05, 3.63) is 12.7 Å². The maximum Gasteiger partial charge on any atom is 0.471 e. The minimum Gasteiger partial charge on any atom is -0.328 e. The lowest BCUT2D eigenvalue weighted by Crippen LogP contribution is -2.65. The van der Waals surface area contributed by atoms with E-state index in [1.54, 1.807) is 6.08 Å². The molecule has 0 bridgehead atoms. The number of nitrogens with zero attached hydrogens (tertiary/aromatic N) is 1. The molecular weight excluding hydrogens is 283 g/mol. The summed E-state index contributed by atoms with van der Waals surface area (Å²) in [5.41, 5.74) is -0.964.